The molecule has 0 amide bonds. The second kappa shape index (κ2) is 14.4. The van der Waals surface area contributed by atoms with E-state index in [-0.39, 0.29) is 5.92 Å². The van der Waals surface area contributed by atoms with Gasteiger partial charge >= 0.3 is 0 Å². The summed E-state index contributed by atoms with van der Waals surface area (Å²) in [5, 5.41) is 8.91. The van der Waals surface area contributed by atoms with Gasteiger partial charge in [0.1, 0.15) is 16.7 Å². The predicted octanol–water partition coefficient (Wildman–Crippen LogP) is 15.7. The molecule has 1 unspecified atom stereocenters. The summed E-state index contributed by atoms with van der Waals surface area (Å²) >= 11 is 0. The van der Waals surface area contributed by atoms with Crippen LogP contribution in [0.25, 0.3) is 99.0 Å². The van der Waals surface area contributed by atoms with Crippen LogP contribution in [0.1, 0.15) is 30.0 Å². The summed E-state index contributed by atoms with van der Waals surface area (Å²) in [4.78, 5) is 11.3. The second-order valence-electron chi connectivity index (χ2n) is 16.9. The summed E-state index contributed by atoms with van der Waals surface area (Å²) in [7, 11) is 0. The van der Waals surface area contributed by atoms with E-state index in [2.05, 4.69) is 193 Å². The van der Waals surface area contributed by atoms with Crippen LogP contribution in [0.5, 0.6) is 0 Å². The Kier molecular flexibility index (Phi) is 8.19. The van der Waals surface area contributed by atoms with Crippen molar-refractivity contribution in [2.75, 3.05) is 0 Å². The number of fused-ring (bicyclic) bond motifs is 10. The Morgan fingerprint density at radius 1 is 0.469 bits per heavy atom. The summed E-state index contributed by atoms with van der Waals surface area (Å²) in [6, 6.07) is 68.5. The van der Waals surface area contributed by atoms with Gasteiger partial charge in [-0.25, -0.2) is 9.98 Å². The Hall–Kier alpha value is -8.28. The molecule has 302 valence electrons. The average Bonchev–Trinajstić information content (AvgIpc) is 4.03. The molecule has 0 N–H and O–H groups in total. The smallest absolute Gasteiger partial charge is 0.160 e. The van der Waals surface area contributed by atoms with Crippen LogP contribution < -0.4 is 0 Å². The minimum absolute atomic E-state index is 0.0599. The van der Waals surface area contributed by atoms with Crippen molar-refractivity contribution in [1.29, 1.82) is 0 Å². The fraction of sp³-hybridized carbons (Fsp3) is 0.0508. The van der Waals surface area contributed by atoms with Gasteiger partial charge in [0.2, 0.25) is 0 Å². The van der Waals surface area contributed by atoms with Gasteiger partial charge in [-0.3, -0.25) is 0 Å². The van der Waals surface area contributed by atoms with Crippen LogP contribution in [0.4, 0.5) is 0 Å². The Morgan fingerprint density at radius 3 is 1.98 bits per heavy atom. The van der Waals surface area contributed by atoms with Gasteiger partial charge in [-0.2, -0.15) is 0 Å². The normalized spacial score (nSPS) is 15.5. The first-order valence-corrected chi connectivity index (χ1v) is 22.0. The van der Waals surface area contributed by atoms with E-state index in [1.165, 1.54) is 27.1 Å². The largest absolute Gasteiger partial charge is 0.455 e. The average molecular weight is 822 g/mol. The molecule has 5 nitrogen and oxygen atoms in total. The van der Waals surface area contributed by atoms with E-state index in [9.17, 15) is 0 Å². The van der Waals surface area contributed by atoms with Crippen LogP contribution in [0.15, 0.2) is 219 Å². The Balaban J connectivity index is 1.09. The number of rotatable bonds is 5. The second-order valence-corrected chi connectivity index (χ2v) is 16.9. The van der Waals surface area contributed by atoms with Gasteiger partial charge in [-0.1, -0.05) is 153 Å². The standard InChI is InChI=1S/C59H39N3O2/c1-36-29-31-49(45-25-14-24-44-43-22-8-11-27-53(43)63-57(44)45)60-59(61-56(36)41-20-13-19-38(33-41)37-15-3-2-4-16-37)47-30-32-51(58-55(47)46-23-9-12-28-54(46)64-58)62-50-26-10-7-21-42(50)48-34-39-17-5-6-18-40(39)35-52(48)62/h2-28,30-36H,29H2,1H3/b49-31+,60-59?,61-56?. The molecule has 0 bridgehead atoms. The van der Waals surface area contributed by atoms with Gasteiger partial charge in [-0.15, -0.1) is 0 Å². The fourth-order valence-corrected chi connectivity index (χ4v) is 9.98. The lowest BCUT2D eigenvalue weighted by Crippen LogP contribution is -2.17. The fourth-order valence-electron chi connectivity index (χ4n) is 9.98. The molecule has 0 fully saturated rings. The van der Waals surface area contributed by atoms with Gasteiger partial charge in [-0.05, 0) is 88.5 Å². The number of amidine groups is 1. The zero-order valence-corrected chi connectivity index (χ0v) is 35.0. The molecule has 9 aromatic carbocycles. The van der Waals surface area contributed by atoms with E-state index in [1.807, 2.05) is 18.2 Å². The summed E-state index contributed by atoms with van der Waals surface area (Å²) < 4.78 is 16.0. The number of nitrogens with zero attached hydrogens (tertiary/aromatic N) is 3. The number of furan rings is 2. The molecule has 0 saturated heterocycles. The molecule has 1 aliphatic heterocycles. The Morgan fingerprint density at radius 2 is 1.12 bits per heavy atom. The topological polar surface area (TPSA) is 55.9 Å². The zero-order chi connectivity index (χ0) is 42.3. The maximum atomic E-state index is 7.03. The van der Waals surface area contributed by atoms with Crippen molar-refractivity contribution in [1.82, 2.24) is 4.57 Å². The maximum Gasteiger partial charge on any atom is 0.160 e. The quantitative estimate of drug-likeness (QED) is 0.174. The predicted molar refractivity (Wildman–Crippen MR) is 266 cm³/mol. The van der Waals surface area contributed by atoms with Crippen molar-refractivity contribution < 1.29 is 8.83 Å². The molecular weight excluding hydrogens is 783 g/mol. The third-order valence-electron chi connectivity index (χ3n) is 13.1. The van der Waals surface area contributed by atoms with Crippen molar-refractivity contribution >= 4 is 93.7 Å². The molecule has 0 saturated carbocycles. The van der Waals surface area contributed by atoms with E-state index in [1.54, 1.807) is 0 Å². The van der Waals surface area contributed by atoms with Crippen LogP contribution in [0.2, 0.25) is 0 Å². The third-order valence-corrected chi connectivity index (χ3v) is 13.1. The first kappa shape index (κ1) is 36.4. The summed E-state index contributed by atoms with van der Waals surface area (Å²) in [6.07, 6.45) is 3.01. The minimum Gasteiger partial charge on any atom is -0.455 e. The highest BCUT2D eigenvalue weighted by atomic mass is 16.3. The highest BCUT2D eigenvalue weighted by Crippen LogP contribution is 2.42. The van der Waals surface area contributed by atoms with E-state index in [0.29, 0.717) is 5.84 Å². The monoisotopic (exact) mass is 821 g/mol. The van der Waals surface area contributed by atoms with E-state index >= 15 is 0 Å². The number of hydrogen-bond acceptors (Lipinski definition) is 4. The number of benzene rings is 9. The van der Waals surface area contributed by atoms with Crippen LogP contribution in [-0.4, -0.2) is 16.1 Å². The lowest BCUT2D eigenvalue weighted by molar-refractivity contribution is 0.666. The minimum atomic E-state index is 0.0599. The maximum absolute atomic E-state index is 7.03. The molecule has 0 radical (unpaired) electrons. The molecule has 64 heavy (non-hydrogen) atoms. The molecule has 1 atom stereocenters. The molecule has 3 aromatic heterocycles. The molecule has 0 aliphatic carbocycles. The highest BCUT2D eigenvalue weighted by Gasteiger charge is 2.26. The van der Waals surface area contributed by atoms with Gasteiger partial charge in [0.25, 0.3) is 0 Å². The number of aliphatic imine (C=N–C) groups is 2. The van der Waals surface area contributed by atoms with E-state index < -0.39 is 0 Å². The third kappa shape index (κ3) is 5.71. The molecule has 5 heteroatoms. The molecule has 1 aliphatic rings. The molecule has 4 heterocycles. The zero-order valence-electron chi connectivity index (χ0n) is 35.0. The van der Waals surface area contributed by atoms with Crippen LogP contribution in [0.3, 0.4) is 0 Å². The summed E-state index contributed by atoms with van der Waals surface area (Å²) in [6.45, 7) is 2.27. The lowest BCUT2D eigenvalue weighted by Gasteiger charge is -2.19. The SMILES string of the molecule is CC1C/C=C(\c2cccc3c2oc2ccccc23)N=C(c2ccc(-n3c4ccccc4c4cc5ccccc5cc43)c3oc4ccccc4c23)N=C1c1cccc(-c2ccccc2)c1. The van der Waals surface area contributed by atoms with Crippen molar-refractivity contribution in [3.8, 4) is 16.8 Å². The summed E-state index contributed by atoms with van der Waals surface area (Å²) in [5.41, 5.74) is 13.5. The van der Waals surface area contributed by atoms with E-state index in [0.717, 1.165) is 101 Å². The van der Waals surface area contributed by atoms with E-state index in [4.69, 9.17) is 18.8 Å². The van der Waals surface area contributed by atoms with Crippen molar-refractivity contribution in [3.63, 3.8) is 0 Å². The lowest BCUT2D eigenvalue weighted by atomic mass is 9.91. The first-order chi connectivity index (χ1) is 31.6. The van der Waals surface area contributed by atoms with Crippen LogP contribution in [0, 0.1) is 5.92 Å². The highest BCUT2D eigenvalue weighted by molar-refractivity contribution is 6.25. The Labute approximate surface area is 368 Å². The molecule has 13 rings (SSSR count). The Bertz CT molecular complexity index is 3950. The molecule has 12 aromatic rings. The first-order valence-electron chi connectivity index (χ1n) is 22.0. The van der Waals surface area contributed by atoms with Crippen molar-refractivity contribution in [3.05, 3.63) is 217 Å². The number of allylic oxidation sites excluding steroid dienone is 1. The van der Waals surface area contributed by atoms with Crippen molar-refractivity contribution in [2.24, 2.45) is 15.9 Å². The number of hydrogen-bond donors (Lipinski definition) is 0. The van der Waals surface area contributed by atoms with Crippen LogP contribution in [-0.2, 0) is 0 Å². The number of aromatic nitrogens is 1. The van der Waals surface area contributed by atoms with Gasteiger partial charge in [0, 0.05) is 49.4 Å². The van der Waals surface area contributed by atoms with Crippen molar-refractivity contribution in [2.45, 2.75) is 13.3 Å². The summed E-state index contributed by atoms with van der Waals surface area (Å²) in [5.74, 6) is 0.673. The van der Waals surface area contributed by atoms with Gasteiger partial charge in [0.05, 0.1) is 28.1 Å². The molecular formula is C59H39N3O2. The number of para-hydroxylation sites is 4. The van der Waals surface area contributed by atoms with Gasteiger partial charge in [0.15, 0.2) is 11.4 Å². The molecule has 0 spiro atoms. The van der Waals surface area contributed by atoms with Crippen LogP contribution >= 0.6 is 0 Å². The van der Waals surface area contributed by atoms with Gasteiger partial charge < -0.3 is 13.4 Å².